The van der Waals surface area contributed by atoms with Gasteiger partial charge in [-0.1, -0.05) is 18.2 Å². The fraction of sp³-hybridized carbons (Fsp3) is 0.0909. The molecule has 3 aromatic carbocycles. The molecule has 0 saturated carbocycles. The van der Waals surface area contributed by atoms with Gasteiger partial charge in [0, 0.05) is 12.1 Å². The standard InChI is InChI=1S/C14H11FO3.C8H7FO3/c1-17-14(16)12-8-7-10(15)9-13(12)18-11-5-3-2-4-6-11;1-12-8(11)6-3-2-5(9)4-7(6)10/h2-9H,1H3;2-4,10H,1H3. The van der Waals surface area contributed by atoms with E-state index in [1.807, 2.05) is 6.07 Å². The lowest BCUT2D eigenvalue weighted by atomic mass is 10.2. The summed E-state index contributed by atoms with van der Waals surface area (Å²) in [5.41, 5.74) is 0.140. The zero-order valence-corrected chi connectivity index (χ0v) is 16.1. The van der Waals surface area contributed by atoms with Crippen LogP contribution < -0.4 is 4.74 Å². The minimum Gasteiger partial charge on any atom is -0.507 e. The van der Waals surface area contributed by atoms with Gasteiger partial charge in [0.05, 0.1) is 14.2 Å². The number of esters is 2. The lowest BCUT2D eigenvalue weighted by molar-refractivity contribution is 0.0588. The predicted molar refractivity (Wildman–Crippen MR) is 104 cm³/mol. The number of phenolic OH excluding ortho intramolecular Hbond substituents is 1. The topological polar surface area (TPSA) is 82.1 Å². The van der Waals surface area contributed by atoms with Crippen molar-refractivity contribution in [1.82, 2.24) is 0 Å². The molecule has 0 aromatic heterocycles. The molecule has 6 nitrogen and oxygen atoms in total. The van der Waals surface area contributed by atoms with Crippen LogP contribution >= 0.6 is 0 Å². The highest BCUT2D eigenvalue weighted by atomic mass is 19.1. The molecule has 0 aliphatic heterocycles. The van der Waals surface area contributed by atoms with Gasteiger partial charge in [0.25, 0.3) is 0 Å². The molecule has 8 heteroatoms. The highest BCUT2D eigenvalue weighted by Gasteiger charge is 2.14. The Morgan fingerprint density at radius 2 is 1.30 bits per heavy atom. The van der Waals surface area contributed by atoms with E-state index in [2.05, 4.69) is 9.47 Å². The number of ether oxygens (including phenoxy) is 3. The van der Waals surface area contributed by atoms with Gasteiger partial charge in [-0.25, -0.2) is 18.4 Å². The van der Waals surface area contributed by atoms with Gasteiger partial charge in [0.2, 0.25) is 0 Å². The van der Waals surface area contributed by atoms with E-state index in [1.165, 1.54) is 26.4 Å². The third-order valence-electron chi connectivity index (χ3n) is 3.69. The van der Waals surface area contributed by atoms with Crippen molar-refractivity contribution in [1.29, 1.82) is 0 Å². The number of aromatic hydroxyl groups is 1. The molecule has 0 fully saturated rings. The molecule has 0 radical (unpaired) electrons. The average Bonchev–Trinajstić information content (AvgIpc) is 2.74. The largest absolute Gasteiger partial charge is 0.507 e. The Morgan fingerprint density at radius 3 is 1.87 bits per heavy atom. The number of methoxy groups -OCH3 is 2. The molecule has 0 spiro atoms. The van der Waals surface area contributed by atoms with Crippen LogP contribution in [-0.4, -0.2) is 31.3 Å². The van der Waals surface area contributed by atoms with E-state index in [0.29, 0.717) is 5.75 Å². The highest BCUT2D eigenvalue weighted by Crippen LogP contribution is 2.26. The molecule has 30 heavy (non-hydrogen) atoms. The van der Waals surface area contributed by atoms with E-state index in [-0.39, 0.29) is 16.9 Å². The lowest BCUT2D eigenvalue weighted by Crippen LogP contribution is -2.04. The first-order valence-electron chi connectivity index (χ1n) is 8.53. The molecule has 3 aromatic rings. The summed E-state index contributed by atoms with van der Waals surface area (Å²) in [5.74, 6) is -2.09. The normalized spacial score (nSPS) is 9.73. The quantitative estimate of drug-likeness (QED) is 0.620. The Morgan fingerprint density at radius 1 is 0.767 bits per heavy atom. The molecule has 3 rings (SSSR count). The van der Waals surface area contributed by atoms with E-state index in [0.717, 1.165) is 24.3 Å². The van der Waals surface area contributed by atoms with Crippen LogP contribution in [0.2, 0.25) is 0 Å². The van der Waals surface area contributed by atoms with Crippen molar-refractivity contribution < 1.29 is 37.7 Å². The average molecular weight is 416 g/mol. The minimum absolute atomic E-state index is 0.0427. The molecule has 0 aliphatic rings. The van der Waals surface area contributed by atoms with Crippen LogP contribution in [0.4, 0.5) is 8.78 Å². The predicted octanol–water partition coefficient (Wildman–Crippen LogP) is 4.72. The van der Waals surface area contributed by atoms with Gasteiger partial charge in [0.1, 0.15) is 40.0 Å². The molecule has 0 bridgehead atoms. The van der Waals surface area contributed by atoms with Crippen LogP contribution in [0.25, 0.3) is 0 Å². The molecule has 0 amide bonds. The van der Waals surface area contributed by atoms with Gasteiger partial charge in [-0.05, 0) is 36.4 Å². The lowest BCUT2D eigenvalue weighted by Gasteiger charge is -2.09. The van der Waals surface area contributed by atoms with Crippen LogP contribution in [0.5, 0.6) is 17.2 Å². The first-order chi connectivity index (χ1) is 14.3. The van der Waals surface area contributed by atoms with Crippen LogP contribution in [0, 0.1) is 11.6 Å². The maximum Gasteiger partial charge on any atom is 0.341 e. The molecule has 1 N–H and O–H groups in total. The molecule has 0 heterocycles. The van der Waals surface area contributed by atoms with Gasteiger partial charge in [0.15, 0.2) is 0 Å². The summed E-state index contributed by atoms with van der Waals surface area (Å²) in [4.78, 5) is 22.4. The molecule has 156 valence electrons. The number of para-hydroxylation sites is 1. The summed E-state index contributed by atoms with van der Waals surface area (Å²) in [6, 6.07) is 15.6. The van der Waals surface area contributed by atoms with Crippen molar-refractivity contribution in [3.05, 3.63) is 89.5 Å². The maximum atomic E-state index is 13.2. The van der Waals surface area contributed by atoms with Crippen molar-refractivity contribution in [3.63, 3.8) is 0 Å². The SMILES string of the molecule is COC(=O)c1ccc(F)cc1O.COC(=O)c1ccc(F)cc1Oc1ccccc1. The third kappa shape index (κ3) is 6.03. The van der Waals surface area contributed by atoms with Gasteiger partial charge < -0.3 is 19.3 Å². The van der Waals surface area contributed by atoms with Gasteiger partial charge in [-0.15, -0.1) is 0 Å². The Balaban J connectivity index is 0.000000232. The first kappa shape index (κ1) is 22.4. The van der Waals surface area contributed by atoms with Crippen LogP contribution in [-0.2, 0) is 9.47 Å². The monoisotopic (exact) mass is 416 g/mol. The van der Waals surface area contributed by atoms with Crippen LogP contribution in [0.15, 0.2) is 66.7 Å². The summed E-state index contributed by atoms with van der Waals surface area (Å²) in [5, 5.41) is 9.05. The number of hydrogen-bond donors (Lipinski definition) is 1. The Labute approximate surface area is 171 Å². The summed E-state index contributed by atoms with van der Waals surface area (Å²) >= 11 is 0. The number of hydrogen-bond acceptors (Lipinski definition) is 6. The molecule has 0 aliphatic carbocycles. The number of halogens is 2. The second-order valence-electron chi connectivity index (χ2n) is 5.70. The summed E-state index contributed by atoms with van der Waals surface area (Å²) in [6.07, 6.45) is 0. The van der Waals surface area contributed by atoms with Crippen molar-refractivity contribution in [2.75, 3.05) is 14.2 Å². The van der Waals surface area contributed by atoms with Crippen LogP contribution in [0.1, 0.15) is 20.7 Å². The Hall–Kier alpha value is -3.94. The number of carbonyl (C=O) groups excluding carboxylic acids is 2. The van der Waals surface area contributed by atoms with Gasteiger partial charge >= 0.3 is 11.9 Å². The number of phenols is 1. The van der Waals surface area contributed by atoms with Crippen molar-refractivity contribution in [3.8, 4) is 17.2 Å². The van der Waals surface area contributed by atoms with Crippen molar-refractivity contribution >= 4 is 11.9 Å². The number of rotatable bonds is 4. The van der Waals surface area contributed by atoms with E-state index in [1.54, 1.807) is 24.3 Å². The molecular formula is C22H18F2O6. The van der Waals surface area contributed by atoms with Crippen molar-refractivity contribution in [2.24, 2.45) is 0 Å². The molecule has 0 unspecified atom stereocenters. The summed E-state index contributed by atoms with van der Waals surface area (Å²) in [7, 11) is 2.45. The van der Waals surface area contributed by atoms with Crippen molar-refractivity contribution in [2.45, 2.75) is 0 Å². The summed E-state index contributed by atoms with van der Waals surface area (Å²) < 4.78 is 40.0. The van der Waals surface area contributed by atoms with Gasteiger partial charge in [-0.2, -0.15) is 0 Å². The second-order valence-corrected chi connectivity index (χ2v) is 5.70. The number of carbonyl (C=O) groups is 2. The molecule has 0 saturated heterocycles. The summed E-state index contributed by atoms with van der Waals surface area (Å²) in [6.45, 7) is 0. The van der Waals surface area contributed by atoms with Crippen LogP contribution in [0.3, 0.4) is 0 Å². The fourth-order valence-corrected chi connectivity index (χ4v) is 2.26. The minimum atomic E-state index is -0.688. The highest BCUT2D eigenvalue weighted by molar-refractivity contribution is 5.92. The molecule has 0 atom stereocenters. The number of benzene rings is 3. The third-order valence-corrected chi connectivity index (χ3v) is 3.69. The van der Waals surface area contributed by atoms with E-state index < -0.39 is 29.3 Å². The Bertz CT molecular complexity index is 1020. The van der Waals surface area contributed by atoms with Gasteiger partial charge in [-0.3, -0.25) is 0 Å². The first-order valence-corrected chi connectivity index (χ1v) is 8.53. The zero-order valence-electron chi connectivity index (χ0n) is 16.1. The zero-order chi connectivity index (χ0) is 22.1. The second kappa shape index (κ2) is 10.6. The maximum absolute atomic E-state index is 13.2. The Kier molecular flexibility index (Phi) is 7.87. The van der Waals surface area contributed by atoms with E-state index in [4.69, 9.17) is 9.84 Å². The fourth-order valence-electron chi connectivity index (χ4n) is 2.26. The molecular weight excluding hydrogens is 398 g/mol. The van der Waals surface area contributed by atoms with E-state index >= 15 is 0 Å². The smallest absolute Gasteiger partial charge is 0.341 e. The van der Waals surface area contributed by atoms with E-state index in [9.17, 15) is 18.4 Å².